The van der Waals surface area contributed by atoms with Crippen LogP contribution in [0.4, 0.5) is 10.2 Å². The van der Waals surface area contributed by atoms with Crippen molar-refractivity contribution in [3.8, 4) is 11.1 Å². The molecule has 0 unspecified atom stereocenters. The fourth-order valence-corrected chi connectivity index (χ4v) is 3.48. The molecule has 3 rings (SSSR count). The zero-order chi connectivity index (χ0) is 18.0. The first kappa shape index (κ1) is 17.2. The third-order valence-electron chi connectivity index (χ3n) is 3.78. The summed E-state index contributed by atoms with van der Waals surface area (Å²) in [5, 5.41) is 3.55. The smallest absolute Gasteiger partial charge is 0.266 e. The lowest BCUT2D eigenvalue weighted by atomic mass is 10.0. The molecule has 0 bridgehead atoms. The van der Waals surface area contributed by atoms with Crippen molar-refractivity contribution in [2.24, 2.45) is 0 Å². The number of halogens is 1. The maximum Gasteiger partial charge on any atom is 0.266 e. The minimum absolute atomic E-state index is 0.0103. The molecule has 0 fully saturated rings. The van der Waals surface area contributed by atoms with E-state index in [0.29, 0.717) is 11.3 Å². The zero-order valence-electron chi connectivity index (χ0n) is 13.8. The highest BCUT2D eigenvalue weighted by atomic mass is 32.2. The molecule has 0 aliphatic carbocycles. The summed E-state index contributed by atoms with van der Waals surface area (Å²) in [5.41, 5.74) is 2.60. The molecular formula is C18H17FN2O3S. The average molecular weight is 360 g/mol. The van der Waals surface area contributed by atoms with Crippen LogP contribution in [0.3, 0.4) is 0 Å². The van der Waals surface area contributed by atoms with Crippen LogP contribution in [0.25, 0.3) is 11.1 Å². The highest BCUT2D eigenvalue weighted by Gasteiger charge is 2.21. The molecule has 1 N–H and O–H groups in total. The fraction of sp³-hybridized carbons (Fsp3) is 0.167. The Hall–Kier alpha value is -2.67. The van der Waals surface area contributed by atoms with Crippen molar-refractivity contribution < 1.29 is 17.3 Å². The summed E-state index contributed by atoms with van der Waals surface area (Å²) in [7, 11) is -4.09. The second-order valence-corrected chi connectivity index (χ2v) is 7.27. The van der Waals surface area contributed by atoms with Gasteiger partial charge in [0.05, 0.1) is 0 Å². The van der Waals surface area contributed by atoms with E-state index in [4.69, 9.17) is 4.52 Å². The fourth-order valence-electron chi connectivity index (χ4n) is 2.44. The van der Waals surface area contributed by atoms with Gasteiger partial charge in [-0.2, -0.15) is 0 Å². The van der Waals surface area contributed by atoms with Crippen molar-refractivity contribution in [2.75, 3.05) is 4.72 Å². The molecule has 25 heavy (non-hydrogen) atoms. The van der Waals surface area contributed by atoms with Gasteiger partial charge >= 0.3 is 0 Å². The van der Waals surface area contributed by atoms with Gasteiger partial charge in [0.25, 0.3) is 10.0 Å². The molecule has 0 amide bonds. The van der Waals surface area contributed by atoms with Gasteiger partial charge in [0.1, 0.15) is 16.5 Å². The third kappa shape index (κ3) is 3.71. The summed E-state index contributed by atoms with van der Waals surface area (Å²) < 4.78 is 46.1. The number of anilines is 1. The van der Waals surface area contributed by atoms with Gasteiger partial charge < -0.3 is 4.52 Å². The third-order valence-corrected chi connectivity index (χ3v) is 5.17. The Balaban J connectivity index is 1.90. The van der Waals surface area contributed by atoms with Gasteiger partial charge in [-0.3, -0.25) is 4.72 Å². The largest absolute Gasteiger partial charge is 0.360 e. The number of nitrogens with zero attached hydrogens (tertiary/aromatic N) is 1. The van der Waals surface area contributed by atoms with Crippen LogP contribution >= 0.6 is 0 Å². The Morgan fingerprint density at radius 3 is 2.32 bits per heavy atom. The summed E-state index contributed by atoms with van der Waals surface area (Å²) in [5.74, 6) is -0.370. The van der Waals surface area contributed by atoms with E-state index in [-0.39, 0.29) is 5.82 Å². The SMILES string of the molecule is CCc1ccc(-c2ccc(S(=O)(=O)Nc3cc(C)on3)c(F)c2)cc1. The van der Waals surface area contributed by atoms with Crippen molar-refractivity contribution in [1.82, 2.24) is 5.16 Å². The van der Waals surface area contributed by atoms with Gasteiger partial charge in [-0.25, -0.2) is 12.8 Å². The van der Waals surface area contributed by atoms with E-state index < -0.39 is 20.7 Å². The molecule has 0 spiro atoms. The molecule has 0 radical (unpaired) electrons. The Morgan fingerprint density at radius 1 is 1.08 bits per heavy atom. The predicted octanol–water partition coefficient (Wildman–Crippen LogP) is 4.15. The zero-order valence-corrected chi connectivity index (χ0v) is 14.6. The van der Waals surface area contributed by atoms with Gasteiger partial charge in [-0.1, -0.05) is 42.4 Å². The van der Waals surface area contributed by atoms with E-state index in [2.05, 4.69) is 16.8 Å². The van der Waals surface area contributed by atoms with Crippen LogP contribution in [0.2, 0.25) is 0 Å². The Morgan fingerprint density at radius 2 is 1.76 bits per heavy atom. The summed E-state index contributed by atoms with van der Waals surface area (Å²) in [6, 6.07) is 13.2. The number of aromatic nitrogens is 1. The van der Waals surface area contributed by atoms with Crippen molar-refractivity contribution in [2.45, 2.75) is 25.2 Å². The summed E-state index contributed by atoms with van der Waals surface area (Å²) in [6.07, 6.45) is 0.916. The van der Waals surface area contributed by atoms with Crippen LogP contribution in [0.5, 0.6) is 0 Å². The van der Waals surface area contributed by atoms with E-state index >= 15 is 0 Å². The molecule has 5 nitrogen and oxygen atoms in total. The second kappa shape index (κ2) is 6.68. The van der Waals surface area contributed by atoms with Gasteiger partial charge in [-0.05, 0) is 42.2 Å². The van der Waals surface area contributed by atoms with Crippen molar-refractivity contribution in [1.29, 1.82) is 0 Å². The molecule has 0 saturated carbocycles. The van der Waals surface area contributed by atoms with Crippen LogP contribution in [0.1, 0.15) is 18.2 Å². The van der Waals surface area contributed by atoms with Crippen LogP contribution in [0, 0.1) is 12.7 Å². The second-order valence-electron chi connectivity index (χ2n) is 5.62. The van der Waals surface area contributed by atoms with E-state index in [1.807, 2.05) is 24.3 Å². The lowest BCUT2D eigenvalue weighted by Crippen LogP contribution is -2.14. The van der Waals surface area contributed by atoms with Gasteiger partial charge in [0, 0.05) is 6.07 Å². The molecule has 0 atom stereocenters. The highest BCUT2D eigenvalue weighted by Crippen LogP contribution is 2.26. The maximum absolute atomic E-state index is 14.4. The summed E-state index contributed by atoms with van der Waals surface area (Å²) >= 11 is 0. The van der Waals surface area contributed by atoms with E-state index in [1.54, 1.807) is 13.0 Å². The standard InChI is InChI=1S/C18H17FN2O3S/c1-3-13-4-6-14(7-5-13)15-8-9-17(16(19)11-15)25(22,23)21-18-10-12(2)24-20-18/h4-11H,3H2,1-2H3,(H,20,21). The van der Waals surface area contributed by atoms with Crippen LogP contribution in [-0.4, -0.2) is 13.6 Å². The average Bonchev–Trinajstić information content (AvgIpc) is 2.98. The molecule has 130 valence electrons. The van der Waals surface area contributed by atoms with Crippen molar-refractivity contribution >= 4 is 15.8 Å². The number of benzene rings is 2. The predicted molar refractivity (Wildman–Crippen MR) is 93.3 cm³/mol. The Bertz CT molecular complexity index is 995. The minimum atomic E-state index is -4.09. The maximum atomic E-state index is 14.4. The van der Waals surface area contributed by atoms with Crippen LogP contribution in [-0.2, 0) is 16.4 Å². The first-order valence-corrected chi connectivity index (χ1v) is 9.22. The molecule has 3 aromatic rings. The number of aryl methyl sites for hydroxylation is 2. The first-order chi connectivity index (χ1) is 11.9. The van der Waals surface area contributed by atoms with E-state index in [9.17, 15) is 12.8 Å². The lowest BCUT2D eigenvalue weighted by Gasteiger charge is -2.08. The topological polar surface area (TPSA) is 72.2 Å². The lowest BCUT2D eigenvalue weighted by molar-refractivity contribution is 0.400. The monoisotopic (exact) mass is 360 g/mol. The molecular weight excluding hydrogens is 343 g/mol. The number of rotatable bonds is 5. The Kier molecular flexibility index (Phi) is 4.59. The quantitative estimate of drug-likeness (QED) is 0.742. The van der Waals surface area contributed by atoms with Gasteiger partial charge in [0.2, 0.25) is 0 Å². The minimum Gasteiger partial charge on any atom is -0.360 e. The first-order valence-electron chi connectivity index (χ1n) is 7.74. The van der Waals surface area contributed by atoms with E-state index in [0.717, 1.165) is 12.0 Å². The van der Waals surface area contributed by atoms with Gasteiger partial charge in [-0.15, -0.1) is 0 Å². The summed E-state index contributed by atoms with van der Waals surface area (Å²) in [6.45, 7) is 3.68. The molecule has 2 aromatic carbocycles. The number of hydrogen-bond acceptors (Lipinski definition) is 4. The normalized spacial score (nSPS) is 11.5. The van der Waals surface area contributed by atoms with Crippen LogP contribution in [0.15, 0.2) is 57.9 Å². The Labute approximate surface area is 145 Å². The van der Waals surface area contributed by atoms with E-state index in [1.165, 1.54) is 23.8 Å². The molecule has 0 saturated heterocycles. The van der Waals surface area contributed by atoms with Crippen molar-refractivity contribution in [3.05, 3.63) is 65.7 Å². The molecule has 1 heterocycles. The van der Waals surface area contributed by atoms with Crippen LogP contribution < -0.4 is 4.72 Å². The number of hydrogen-bond donors (Lipinski definition) is 1. The molecule has 7 heteroatoms. The highest BCUT2D eigenvalue weighted by molar-refractivity contribution is 7.92. The number of sulfonamides is 1. The number of nitrogens with one attached hydrogen (secondary N) is 1. The summed E-state index contributed by atoms with van der Waals surface area (Å²) in [4.78, 5) is -0.443. The molecule has 0 aliphatic heterocycles. The molecule has 0 aliphatic rings. The van der Waals surface area contributed by atoms with Crippen molar-refractivity contribution in [3.63, 3.8) is 0 Å². The molecule has 1 aromatic heterocycles. The van der Waals surface area contributed by atoms with Gasteiger partial charge in [0.15, 0.2) is 5.82 Å².